The van der Waals surface area contributed by atoms with E-state index in [4.69, 9.17) is 28.9 Å². The van der Waals surface area contributed by atoms with Crippen LogP contribution in [0.1, 0.15) is 0 Å². The molecule has 0 radical (unpaired) electrons. The van der Waals surface area contributed by atoms with Gasteiger partial charge in [0.25, 0.3) is 0 Å². The fraction of sp³-hybridized carbons (Fsp3) is 0.0556. The molecule has 0 saturated heterocycles. The average Bonchev–Trinajstić information content (AvgIpc) is 3.02. The van der Waals surface area contributed by atoms with Crippen molar-refractivity contribution in [3.8, 4) is 11.4 Å². The highest BCUT2D eigenvalue weighted by Gasteiger charge is 2.18. The van der Waals surface area contributed by atoms with E-state index in [0.717, 1.165) is 6.26 Å². The van der Waals surface area contributed by atoms with Gasteiger partial charge in [-0.05, 0) is 36.4 Å². The largest absolute Gasteiger partial charge is 0.375 e. The maximum absolute atomic E-state index is 11.7. The second-order valence-corrected chi connectivity index (χ2v) is 9.96. The number of anilines is 3. The number of nitrogens with two attached hydrogens (primary N) is 1. The summed E-state index contributed by atoms with van der Waals surface area (Å²) in [4.78, 5) is 14.1. The number of sulfone groups is 1. The number of nitrogen functional groups attached to an aromatic ring is 1. The third kappa shape index (κ3) is 3.99. The molecular weight excluding hydrogens is 453 g/mol. The normalized spacial score (nSPS) is 11.7. The lowest BCUT2D eigenvalue weighted by Crippen LogP contribution is -2.01. The second kappa shape index (κ2) is 7.42. The van der Waals surface area contributed by atoms with E-state index in [1.165, 1.54) is 23.5 Å². The minimum absolute atomic E-state index is 0.220. The average molecular weight is 466 g/mol. The molecule has 0 saturated carbocycles. The maximum Gasteiger partial charge on any atom is 0.182 e. The van der Waals surface area contributed by atoms with Crippen molar-refractivity contribution in [2.75, 3.05) is 17.3 Å². The summed E-state index contributed by atoms with van der Waals surface area (Å²) in [5, 5.41) is 4.31. The van der Waals surface area contributed by atoms with E-state index >= 15 is 0 Å². The van der Waals surface area contributed by atoms with Crippen LogP contribution in [0.25, 0.3) is 21.7 Å². The highest BCUT2D eigenvalue weighted by molar-refractivity contribution is 7.90. The van der Waals surface area contributed by atoms with Gasteiger partial charge in [-0.2, -0.15) is 0 Å². The molecule has 4 rings (SSSR count). The molecule has 2 aromatic carbocycles. The third-order valence-electron chi connectivity index (χ3n) is 4.01. The van der Waals surface area contributed by atoms with E-state index in [2.05, 4.69) is 20.3 Å². The second-order valence-electron chi connectivity index (χ2n) is 6.12. The monoisotopic (exact) mass is 465 g/mol. The van der Waals surface area contributed by atoms with Gasteiger partial charge in [0, 0.05) is 11.9 Å². The number of rotatable bonds is 4. The molecule has 0 atom stereocenters. The summed E-state index contributed by atoms with van der Waals surface area (Å²) < 4.78 is 23.3. The highest BCUT2D eigenvalue weighted by atomic mass is 35.5. The summed E-state index contributed by atoms with van der Waals surface area (Å²) in [6.07, 6.45) is 1.15. The number of nitrogens with zero attached hydrogens (tertiary/aromatic N) is 3. The van der Waals surface area contributed by atoms with Gasteiger partial charge < -0.3 is 11.1 Å². The van der Waals surface area contributed by atoms with Crippen LogP contribution < -0.4 is 11.1 Å². The molecule has 3 N–H and O–H groups in total. The van der Waals surface area contributed by atoms with Crippen molar-refractivity contribution in [3.05, 3.63) is 52.5 Å². The molecule has 0 bridgehead atoms. The number of nitrogens with one attached hydrogen (secondary N) is 1. The van der Waals surface area contributed by atoms with Gasteiger partial charge in [-0.1, -0.05) is 40.6 Å². The van der Waals surface area contributed by atoms with Gasteiger partial charge in [0.2, 0.25) is 0 Å². The summed E-state index contributed by atoms with van der Waals surface area (Å²) in [6.45, 7) is 0. The minimum atomic E-state index is -3.29. The van der Waals surface area contributed by atoms with Crippen LogP contribution in [0.2, 0.25) is 10.0 Å². The number of halogens is 2. The van der Waals surface area contributed by atoms with Crippen molar-refractivity contribution in [2.24, 2.45) is 0 Å². The van der Waals surface area contributed by atoms with E-state index in [-0.39, 0.29) is 4.90 Å². The quantitative estimate of drug-likeness (QED) is 0.445. The zero-order valence-corrected chi connectivity index (χ0v) is 18.0. The van der Waals surface area contributed by atoms with Crippen LogP contribution in [0, 0.1) is 0 Å². The van der Waals surface area contributed by atoms with E-state index in [0.29, 0.717) is 48.4 Å². The predicted molar refractivity (Wildman–Crippen MR) is 118 cm³/mol. The first-order chi connectivity index (χ1) is 13.7. The van der Waals surface area contributed by atoms with Gasteiger partial charge in [-0.25, -0.2) is 23.4 Å². The molecule has 148 valence electrons. The van der Waals surface area contributed by atoms with Crippen LogP contribution >= 0.6 is 34.5 Å². The molecule has 0 amide bonds. The maximum atomic E-state index is 11.7. The van der Waals surface area contributed by atoms with Gasteiger partial charge in [0.1, 0.15) is 5.52 Å². The van der Waals surface area contributed by atoms with E-state index in [9.17, 15) is 8.42 Å². The lowest BCUT2D eigenvalue weighted by atomic mass is 10.2. The third-order valence-corrected chi connectivity index (χ3v) is 6.54. The zero-order valence-electron chi connectivity index (χ0n) is 14.8. The SMILES string of the molecule is CS(=O)(=O)c1ccc(Nc2nc(-c3c(Cl)cccc3Cl)nc3sc(N)nc23)cc1. The van der Waals surface area contributed by atoms with Crippen LogP contribution in [0.4, 0.5) is 16.6 Å². The van der Waals surface area contributed by atoms with Crippen molar-refractivity contribution >= 4 is 71.4 Å². The summed E-state index contributed by atoms with van der Waals surface area (Å²) in [5.74, 6) is 0.730. The first kappa shape index (κ1) is 19.8. The Labute approximate surface area is 180 Å². The molecule has 0 unspecified atom stereocenters. The number of aromatic nitrogens is 3. The Kier molecular flexibility index (Phi) is 5.07. The molecule has 0 aliphatic carbocycles. The Morgan fingerprint density at radius 3 is 2.28 bits per heavy atom. The zero-order chi connectivity index (χ0) is 20.8. The van der Waals surface area contributed by atoms with Gasteiger partial charge >= 0.3 is 0 Å². The molecule has 0 aliphatic rings. The summed E-state index contributed by atoms with van der Waals surface area (Å²) in [5.41, 5.74) is 7.48. The topological polar surface area (TPSA) is 111 Å². The first-order valence-electron chi connectivity index (χ1n) is 8.18. The molecular formula is C18H13Cl2N5O2S2. The van der Waals surface area contributed by atoms with E-state index in [1.807, 2.05) is 0 Å². The summed E-state index contributed by atoms with van der Waals surface area (Å²) >= 11 is 13.8. The van der Waals surface area contributed by atoms with Crippen LogP contribution in [0.5, 0.6) is 0 Å². The Bertz CT molecular complexity index is 1320. The molecule has 11 heteroatoms. The minimum Gasteiger partial charge on any atom is -0.375 e. The van der Waals surface area contributed by atoms with Gasteiger partial charge in [0.05, 0.1) is 20.5 Å². The van der Waals surface area contributed by atoms with Gasteiger partial charge in [0.15, 0.2) is 31.4 Å². The fourth-order valence-electron chi connectivity index (χ4n) is 2.67. The Hall–Kier alpha value is -2.46. The van der Waals surface area contributed by atoms with Crippen molar-refractivity contribution in [1.82, 2.24) is 15.0 Å². The molecule has 4 aromatic rings. The lowest BCUT2D eigenvalue weighted by molar-refractivity contribution is 0.602. The first-order valence-corrected chi connectivity index (χ1v) is 11.6. The molecule has 0 aliphatic heterocycles. The summed E-state index contributed by atoms with van der Waals surface area (Å²) in [6, 6.07) is 11.4. The number of hydrogen-bond donors (Lipinski definition) is 2. The number of fused-ring (bicyclic) bond motifs is 1. The van der Waals surface area contributed by atoms with Crippen molar-refractivity contribution in [2.45, 2.75) is 4.90 Å². The Balaban J connectivity index is 1.83. The standard InChI is InChI=1S/C18H13Cl2N5O2S2/c1-29(26,27)10-7-5-9(6-8-10)22-16-14-17(28-18(21)23-14)25-15(24-16)13-11(19)3-2-4-12(13)20/h2-8H,1H3,(H2,21,23)(H,22,24,25). The van der Waals surface area contributed by atoms with E-state index < -0.39 is 9.84 Å². The molecule has 7 nitrogen and oxygen atoms in total. The van der Waals surface area contributed by atoms with Gasteiger partial charge in [-0.15, -0.1) is 0 Å². The van der Waals surface area contributed by atoms with Crippen LogP contribution in [0.15, 0.2) is 47.4 Å². The van der Waals surface area contributed by atoms with Crippen LogP contribution in [-0.4, -0.2) is 29.6 Å². The van der Waals surface area contributed by atoms with Crippen molar-refractivity contribution in [1.29, 1.82) is 0 Å². The van der Waals surface area contributed by atoms with Crippen molar-refractivity contribution < 1.29 is 8.42 Å². The predicted octanol–water partition coefficient (Wildman–Crippen LogP) is 4.79. The number of thiazole rings is 1. The van der Waals surface area contributed by atoms with Gasteiger partial charge in [-0.3, -0.25) is 0 Å². The Morgan fingerprint density at radius 2 is 1.66 bits per heavy atom. The van der Waals surface area contributed by atoms with Crippen LogP contribution in [0.3, 0.4) is 0 Å². The van der Waals surface area contributed by atoms with Crippen LogP contribution in [-0.2, 0) is 9.84 Å². The molecule has 2 heterocycles. The number of benzene rings is 2. The molecule has 0 fully saturated rings. The van der Waals surface area contributed by atoms with E-state index in [1.54, 1.807) is 30.3 Å². The molecule has 2 aromatic heterocycles. The molecule has 0 spiro atoms. The fourth-order valence-corrected chi connectivity index (χ4v) is 4.57. The number of hydrogen-bond acceptors (Lipinski definition) is 8. The smallest absolute Gasteiger partial charge is 0.182 e. The lowest BCUT2D eigenvalue weighted by Gasteiger charge is -2.10. The Morgan fingerprint density at radius 1 is 1.00 bits per heavy atom. The summed E-state index contributed by atoms with van der Waals surface area (Å²) in [7, 11) is -3.29. The molecule has 29 heavy (non-hydrogen) atoms. The van der Waals surface area contributed by atoms with Crippen molar-refractivity contribution in [3.63, 3.8) is 0 Å². The highest BCUT2D eigenvalue weighted by Crippen LogP contribution is 2.36.